The van der Waals surface area contributed by atoms with Crippen LogP contribution >= 0.6 is 22.9 Å². The molecule has 0 fully saturated rings. The number of nitrogens with zero attached hydrogens (tertiary/aromatic N) is 2. The van der Waals surface area contributed by atoms with Crippen LogP contribution in [0.4, 0.5) is 11.4 Å². The topological polar surface area (TPSA) is 28.2 Å². The molecule has 0 amide bonds. The number of anilines is 2. The monoisotopic (exact) mass is 323 g/mol. The zero-order chi connectivity index (χ0) is 15.6. The van der Waals surface area contributed by atoms with Crippen LogP contribution < -0.4 is 10.2 Å². The number of rotatable bonds is 4. The standard InChI is InChI=1S/C16H22ClN3S/c1-16(2,3)15-19-12(10-21-15)9-18-13-8-11(17)6-7-14(13)20(4)5/h6-8,10,18H,9H2,1-5H3. The molecule has 1 N–H and O–H groups in total. The lowest BCUT2D eigenvalue weighted by Gasteiger charge is -2.18. The lowest BCUT2D eigenvalue weighted by atomic mass is 9.98. The molecule has 0 aliphatic carbocycles. The summed E-state index contributed by atoms with van der Waals surface area (Å²) >= 11 is 7.81. The van der Waals surface area contributed by atoms with Crippen molar-refractivity contribution in [2.45, 2.75) is 32.7 Å². The Hall–Kier alpha value is -1.26. The maximum Gasteiger partial charge on any atom is 0.0982 e. The predicted molar refractivity (Wildman–Crippen MR) is 93.9 cm³/mol. The first-order chi connectivity index (χ1) is 9.77. The Morgan fingerprint density at radius 3 is 2.57 bits per heavy atom. The molecule has 0 aliphatic rings. The van der Waals surface area contributed by atoms with Gasteiger partial charge < -0.3 is 10.2 Å². The predicted octanol–water partition coefficient (Wildman–Crippen LogP) is 4.77. The normalized spacial score (nSPS) is 11.5. The minimum atomic E-state index is 0.105. The maximum atomic E-state index is 6.10. The van der Waals surface area contributed by atoms with Gasteiger partial charge in [0.15, 0.2) is 0 Å². The lowest BCUT2D eigenvalue weighted by Crippen LogP contribution is -2.13. The second-order valence-corrected chi connectivity index (χ2v) is 7.60. The van der Waals surface area contributed by atoms with Gasteiger partial charge in [0.05, 0.1) is 28.6 Å². The van der Waals surface area contributed by atoms with Crippen LogP contribution in [0, 0.1) is 0 Å². The summed E-state index contributed by atoms with van der Waals surface area (Å²) < 4.78 is 0. The van der Waals surface area contributed by atoms with Crippen molar-refractivity contribution >= 4 is 34.3 Å². The zero-order valence-electron chi connectivity index (χ0n) is 13.2. The molecular formula is C16H22ClN3S. The fourth-order valence-electron chi connectivity index (χ4n) is 1.96. The Morgan fingerprint density at radius 1 is 1.29 bits per heavy atom. The van der Waals surface area contributed by atoms with Gasteiger partial charge in [-0.1, -0.05) is 32.4 Å². The molecule has 1 aromatic heterocycles. The van der Waals surface area contributed by atoms with Crippen LogP contribution in [0.3, 0.4) is 0 Å². The molecular weight excluding hydrogens is 302 g/mol. The highest BCUT2D eigenvalue weighted by Gasteiger charge is 2.18. The molecule has 0 bridgehead atoms. The van der Waals surface area contributed by atoms with Gasteiger partial charge in [-0.25, -0.2) is 4.98 Å². The van der Waals surface area contributed by atoms with Crippen molar-refractivity contribution in [3.63, 3.8) is 0 Å². The molecule has 1 heterocycles. The van der Waals surface area contributed by atoms with Crippen molar-refractivity contribution in [3.8, 4) is 0 Å². The van der Waals surface area contributed by atoms with Gasteiger partial charge in [0.1, 0.15) is 0 Å². The molecule has 0 unspecified atom stereocenters. The fraction of sp³-hybridized carbons (Fsp3) is 0.438. The third kappa shape index (κ3) is 4.11. The number of halogens is 1. The van der Waals surface area contributed by atoms with E-state index in [9.17, 15) is 0 Å². The molecule has 21 heavy (non-hydrogen) atoms. The number of thiazole rings is 1. The van der Waals surface area contributed by atoms with Gasteiger partial charge in [-0.2, -0.15) is 0 Å². The minimum absolute atomic E-state index is 0.105. The Morgan fingerprint density at radius 2 is 2.00 bits per heavy atom. The smallest absolute Gasteiger partial charge is 0.0982 e. The molecule has 1 aromatic carbocycles. The van der Waals surface area contributed by atoms with E-state index in [1.54, 1.807) is 11.3 Å². The summed E-state index contributed by atoms with van der Waals surface area (Å²) in [4.78, 5) is 6.77. The summed E-state index contributed by atoms with van der Waals surface area (Å²) in [6.07, 6.45) is 0. The molecule has 114 valence electrons. The molecule has 5 heteroatoms. The summed E-state index contributed by atoms with van der Waals surface area (Å²) in [5.41, 5.74) is 3.31. The highest BCUT2D eigenvalue weighted by Crippen LogP contribution is 2.29. The van der Waals surface area contributed by atoms with Crippen molar-refractivity contribution in [1.29, 1.82) is 0 Å². The Bertz CT molecular complexity index is 614. The van der Waals surface area contributed by atoms with E-state index < -0.39 is 0 Å². The number of hydrogen-bond donors (Lipinski definition) is 1. The van der Waals surface area contributed by atoms with Gasteiger partial charge in [0.25, 0.3) is 0 Å². The van der Waals surface area contributed by atoms with E-state index in [-0.39, 0.29) is 5.41 Å². The second-order valence-electron chi connectivity index (χ2n) is 6.30. The Kier molecular flexibility index (Phi) is 4.79. The molecule has 2 aromatic rings. The molecule has 0 saturated heterocycles. The zero-order valence-corrected chi connectivity index (χ0v) is 14.8. The molecule has 2 rings (SSSR count). The molecule has 0 radical (unpaired) electrons. The van der Waals surface area contributed by atoms with Gasteiger partial charge in [0, 0.05) is 29.9 Å². The van der Waals surface area contributed by atoms with Crippen LogP contribution in [0.15, 0.2) is 23.6 Å². The molecule has 0 spiro atoms. The van der Waals surface area contributed by atoms with Crippen LogP contribution in [0.5, 0.6) is 0 Å². The van der Waals surface area contributed by atoms with Crippen LogP contribution in [-0.4, -0.2) is 19.1 Å². The first-order valence-electron chi connectivity index (χ1n) is 6.93. The van der Waals surface area contributed by atoms with E-state index in [1.165, 1.54) is 5.01 Å². The van der Waals surface area contributed by atoms with Gasteiger partial charge in [-0.3, -0.25) is 0 Å². The maximum absolute atomic E-state index is 6.10. The van der Waals surface area contributed by atoms with E-state index in [2.05, 4.69) is 36.4 Å². The van der Waals surface area contributed by atoms with Gasteiger partial charge in [-0.05, 0) is 18.2 Å². The van der Waals surface area contributed by atoms with Crippen molar-refractivity contribution in [3.05, 3.63) is 39.3 Å². The van der Waals surface area contributed by atoms with Crippen molar-refractivity contribution in [1.82, 2.24) is 4.98 Å². The Labute approximate surface area is 136 Å². The number of benzene rings is 1. The largest absolute Gasteiger partial charge is 0.378 e. The first-order valence-corrected chi connectivity index (χ1v) is 8.19. The number of nitrogens with one attached hydrogen (secondary N) is 1. The molecule has 0 saturated carbocycles. The minimum Gasteiger partial charge on any atom is -0.378 e. The van der Waals surface area contributed by atoms with Gasteiger partial charge in [-0.15, -0.1) is 11.3 Å². The lowest BCUT2D eigenvalue weighted by molar-refractivity contribution is 0.583. The number of aromatic nitrogens is 1. The van der Waals surface area contributed by atoms with Crippen LogP contribution in [0.2, 0.25) is 5.02 Å². The van der Waals surface area contributed by atoms with E-state index >= 15 is 0 Å². The summed E-state index contributed by atoms with van der Waals surface area (Å²) in [7, 11) is 4.05. The van der Waals surface area contributed by atoms with E-state index in [0.29, 0.717) is 6.54 Å². The Balaban J connectivity index is 2.13. The highest BCUT2D eigenvalue weighted by molar-refractivity contribution is 7.09. The average Bonchev–Trinajstić information content (AvgIpc) is 2.84. The van der Waals surface area contributed by atoms with Gasteiger partial charge >= 0.3 is 0 Å². The van der Waals surface area contributed by atoms with E-state index in [0.717, 1.165) is 22.1 Å². The molecule has 0 atom stereocenters. The SMILES string of the molecule is CN(C)c1ccc(Cl)cc1NCc1csc(C(C)(C)C)n1. The summed E-state index contributed by atoms with van der Waals surface area (Å²) in [5, 5.41) is 7.45. The number of hydrogen-bond acceptors (Lipinski definition) is 4. The quantitative estimate of drug-likeness (QED) is 0.878. The van der Waals surface area contributed by atoms with Crippen LogP contribution in [0.25, 0.3) is 0 Å². The summed E-state index contributed by atoms with van der Waals surface area (Å²) in [5.74, 6) is 0. The van der Waals surface area contributed by atoms with Crippen LogP contribution in [0.1, 0.15) is 31.5 Å². The van der Waals surface area contributed by atoms with Crippen LogP contribution in [-0.2, 0) is 12.0 Å². The third-order valence-corrected chi connectivity index (χ3v) is 4.65. The molecule has 3 nitrogen and oxygen atoms in total. The van der Waals surface area contributed by atoms with E-state index in [4.69, 9.17) is 16.6 Å². The average molecular weight is 324 g/mol. The summed E-state index contributed by atoms with van der Waals surface area (Å²) in [6, 6.07) is 5.88. The fourth-order valence-corrected chi connectivity index (χ4v) is 3.04. The second kappa shape index (κ2) is 6.24. The first kappa shape index (κ1) is 16.1. The van der Waals surface area contributed by atoms with Crippen molar-refractivity contribution in [2.24, 2.45) is 0 Å². The third-order valence-electron chi connectivity index (χ3n) is 3.09. The highest BCUT2D eigenvalue weighted by atomic mass is 35.5. The summed E-state index contributed by atoms with van der Waals surface area (Å²) in [6.45, 7) is 7.26. The van der Waals surface area contributed by atoms with Crippen molar-refractivity contribution < 1.29 is 0 Å². The molecule has 0 aliphatic heterocycles. The van der Waals surface area contributed by atoms with Gasteiger partial charge in [0.2, 0.25) is 0 Å². The van der Waals surface area contributed by atoms with Crippen molar-refractivity contribution in [2.75, 3.05) is 24.3 Å². The van der Waals surface area contributed by atoms with E-state index in [1.807, 2.05) is 32.3 Å².